The van der Waals surface area contributed by atoms with Crippen LogP contribution in [0.2, 0.25) is 10.0 Å². The summed E-state index contributed by atoms with van der Waals surface area (Å²) in [6.45, 7) is 6.33. The van der Waals surface area contributed by atoms with E-state index >= 15 is 0 Å². The first-order valence-corrected chi connectivity index (χ1v) is 15.6. The Morgan fingerprint density at radius 2 is 1.56 bits per heavy atom. The molecule has 1 fully saturated rings. The number of benzene rings is 3. The second kappa shape index (κ2) is 12.3. The summed E-state index contributed by atoms with van der Waals surface area (Å²) in [5.74, 6) is -0.613. The predicted octanol–water partition coefficient (Wildman–Crippen LogP) is 8.28. The van der Waals surface area contributed by atoms with Gasteiger partial charge in [0.05, 0.1) is 36.9 Å². The van der Waals surface area contributed by atoms with Crippen molar-refractivity contribution in [3.8, 4) is 0 Å². The monoisotopic (exact) mass is 637 g/mol. The van der Waals surface area contributed by atoms with Gasteiger partial charge in [-0.15, -0.1) is 0 Å². The van der Waals surface area contributed by atoms with Crippen LogP contribution in [-0.4, -0.2) is 43.4 Å². The van der Waals surface area contributed by atoms with Crippen molar-refractivity contribution in [2.24, 2.45) is 10.4 Å². The summed E-state index contributed by atoms with van der Waals surface area (Å²) in [6, 6.07) is 22.4. The Kier molecular flexibility index (Phi) is 8.84. The molecule has 0 amide bonds. The molecule has 0 N–H and O–H groups in total. The molecule has 3 aromatic carbocycles. The molecule has 10 heteroatoms. The molecule has 2 atom stereocenters. The lowest BCUT2D eigenvalue weighted by Crippen LogP contribution is -2.59. The van der Waals surface area contributed by atoms with Crippen LogP contribution in [0.3, 0.4) is 0 Å². The summed E-state index contributed by atoms with van der Waals surface area (Å²) >= 11 is 14.1. The first-order chi connectivity index (χ1) is 20.6. The second-order valence-corrected chi connectivity index (χ2v) is 12.6. The summed E-state index contributed by atoms with van der Waals surface area (Å²) in [7, 11) is 2.74. The van der Waals surface area contributed by atoms with Gasteiger partial charge < -0.3 is 14.4 Å². The molecule has 0 saturated carbocycles. The fourth-order valence-corrected chi connectivity index (χ4v) is 7.93. The van der Waals surface area contributed by atoms with Crippen molar-refractivity contribution in [3.63, 3.8) is 0 Å². The van der Waals surface area contributed by atoms with Crippen LogP contribution >= 0.6 is 35.0 Å². The fraction of sp³-hybridized carbons (Fsp3) is 0.303. The number of halogens is 2. The van der Waals surface area contributed by atoms with Crippen LogP contribution in [0, 0.1) is 5.41 Å². The van der Waals surface area contributed by atoms with E-state index < -0.39 is 22.2 Å². The van der Waals surface area contributed by atoms with Crippen molar-refractivity contribution in [2.45, 2.75) is 43.4 Å². The lowest BCUT2D eigenvalue weighted by Gasteiger charge is -2.45. The van der Waals surface area contributed by atoms with E-state index in [1.54, 1.807) is 43.3 Å². The molecule has 224 valence electrons. The standard InChI is InChI=1S/C33H33Cl2N3O4S/c1-6-7-20-37-26-10-8-9-11-27(26)43-33(37)28(21(2)29(39)41-4)38(25-18-14-23(35)15-19-25)30(32(33,3)31(40)42-5)36-24-16-12-22(34)13-17-24/h8-19H,6-7,20H2,1-5H3/b28-21+,36-30?/t32-,33+/m1/s1. The SMILES string of the molecule is CCCCN1c2ccccc2S[C@]12/C(=C(/C)C(=O)OC)N(c1ccc(Cl)cc1)C(=Nc1ccc(Cl)cc1)[C@]2(C)C(=O)OC. The molecular formula is C33H33Cl2N3O4S. The predicted molar refractivity (Wildman–Crippen MR) is 175 cm³/mol. The maximum absolute atomic E-state index is 14.4. The lowest BCUT2D eigenvalue weighted by atomic mass is 9.79. The van der Waals surface area contributed by atoms with Gasteiger partial charge in [-0.2, -0.15) is 0 Å². The van der Waals surface area contributed by atoms with Crippen molar-refractivity contribution in [1.29, 1.82) is 0 Å². The summed E-state index contributed by atoms with van der Waals surface area (Å²) in [4.78, 5) is 37.0. The highest BCUT2D eigenvalue weighted by Gasteiger charge is 2.73. The van der Waals surface area contributed by atoms with Gasteiger partial charge in [0.15, 0.2) is 10.3 Å². The van der Waals surface area contributed by atoms with Crippen LogP contribution < -0.4 is 9.80 Å². The topological polar surface area (TPSA) is 71.4 Å². The zero-order valence-electron chi connectivity index (χ0n) is 24.7. The minimum absolute atomic E-state index is 0.343. The number of rotatable bonds is 7. The highest BCUT2D eigenvalue weighted by molar-refractivity contribution is 8.01. The molecule has 1 saturated heterocycles. The van der Waals surface area contributed by atoms with Gasteiger partial charge >= 0.3 is 11.9 Å². The molecule has 0 bridgehead atoms. The average Bonchev–Trinajstić information content (AvgIpc) is 3.46. The number of amidine groups is 1. The van der Waals surface area contributed by atoms with Crippen LogP contribution in [0.15, 0.2) is 94.0 Å². The van der Waals surface area contributed by atoms with Crippen molar-refractivity contribution >= 4 is 69.8 Å². The minimum atomic E-state index is -1.43. The number of fused-ring (bicyclic) bond motifs is 1. The highest BCUT2D eigenvalue weighted by atomic mass is 35.5. The molecule has 2 heterocycles. The van der Waals surface area contributed by atoms with Crippen LogP contribution in [0.25, 0.3) is 0 Å². The molecule has 5 rings (SSSR count). The molecule has 0 unspecified atom stereocenters. The zero-order chi connectivity index (χ0) is 30.9. The summed E-state index contributed by atoms with van der Waals surface area (Å²) in [6.07, 6.45) is 1.78. The fourth-order valence-electron chi connectivity index (χ4n) is 5.91. The van der Waals surface area contributed by atoms with Crippen LogP contribution in [0.4, 0.5) is 17.1 Å². The number of hydrogen-bond acceptors (Lipinski definition) is 7. The van der Waals surface area contributed by atoms with Gasteiger partial charge in [-0.25, -0.2) is 9.79 Å². The minimum Gasteiger partial charge on any atom is -0.468 e. The van der Waals surface area contributed by atoms with E-state index in [-0.39, 0.29) is 0 Å². The van der Waals surface area contributed by atoms with Gasteiger partial charge in [-0.3, -0.25) is 9.69 Å². The number of esters is 2. The maximum Gasteiger partial charge on any atom is 0.335 e. The third-order valence-electron chi connectivity index (χ3n) is 8.00. The van der Waals surface area contributed by atoms with E-state index in [0.717, 1.165) is 23.4 Å². The smallest absolute Gasteiger partial charge is 0.335 e. The normalized spacial score (nSPS) is 23.1. The number of carbonyl (C=O) groups excluding carboxylic acids is 2. The second-order valence-electron chi connectivity index (χ2n) is 10.5. The number of methoxy groups -OCH3 is 2. The molecule has 0 aliphatic carbocycles. The zero-order valence-corrected chi connectivity index (χ0v) is 27.0. The summed E-state index contributed by atoms with van der Waals surface area (Å²) in [5.41, 5.74) is 1.71. The van der Waals surface area contributed by atoms with Crippen molar-refractivity contribution in [1.82, 2.24) is 0 Å². The third kappa shape index (κ3) is 4.99. The van der Waals surface area contributed by atoms with E-state index in [1.807, 2.05) is 42.2 Å². The molecule has 1 spiro atoms. The average molecular weight is 639 g/mol. The van der Waals surface area contributed by atoms with Crippen molar-refractivity contribution in [2.75, 3.05) is 30.6 Å². The van der Waals surface area contributed by atoms with E-state index in [2.05, 4.69) is 17.9 Å². The van der Waals surface area contributed by atoms with Gasteiger partial charge in [0.2, 0.25) is 0 Å². The van der Waals surface area contributed by atoms with Crippen LogP contribution in [0.5, 0.6) is 0 Å². The number of anilines is 2. The molecule has 2 aliphatic rings. The maximum atomic E-state index is 14.4. The Bertz CT molecular complexity index is 1610. The van der Waals surface area contributed by atoms with E-state index in [1.165, 1.54) is 26.0 Å². The van der Waals surface area contributed by atoms with Crippen molar-refractivity contribution < 1.29 is 19.1 Å². The Morgan fingerprint density at radius 1 is 0.930 bits per heavy atom. The molecule has 0 radical (unpaired) electrons. The highest BCUT2D eigenvalue weighted by Crippen LogP contribution is 2.67. The van der Waals surface area contributed by atoms with Crippen LogP contribution in [0.1, 0.15) is 33.6 Å². The van der Waals surface area contributed by atoms with Gasteiger partial charge in [0.1, 0.15) is 5.84 Å². The molecule has 3 aromatic rings. The number of carbonyl (C=O) groups is 2. The summed E-state index contributed by atoms with van der Waals surface area (Å²) < 4.78 is 10.9. The van der Waals surface area contributed by atoms with E-state index in [0.29, 0.717) is 45.1 Å². The number of thioether (sulfide) groups is 1. The number of para-hydroxylation sites is 1. The summed E-state index contributed by atoms with van der Waals surface area (Å²) in [5, 5.41) is 1.11. The Balaban J connectivity index is 1.96. The first kappa shape index (κ1) is 31.0. The van der Waals surface area contributed by atoms with Gasteiger partial charge in [0, 0.05) is 27.2 Å². The van der Waals surface area contributed by atoms with Gasteiger partial charge in [-0.1, -0.05) is 60.4 Å². The van der Waals surface area contributed by atoms with Gasteiger partial charge in [-0.05, 0) is 80.9 Å². The number of nitrogens with zero attached hydrogens (tertiary/aromatic N) is 3. The lowest BCUT2D eigenvalue weighted by molar-refractivity contribution is -0.148. The van der Waals surface area contributed by atoms with E-state index in [9.17, 15) is 9.59 Å². The number of unbranched alkanes of at least 4 members (excludes halogenated alkanes) is 1. The third-order valence-corrected chi connectivity index (χ3v) is 10.2. The quantitative estimate of drug-likeness (QED) is 0.191. The number of hydrogen-bond donors (Lipinski definition) is 0. The van der Waals surface area contributed by atoms with Crippen LogP contribution in [-0.2, 0) is 19.1 Å². The molecule has 0 aromatic heterocycles. The first-order valence-electron chi connectivity index (χ1n) is 14.0. The molecule has 2 aliphatic heterocycles. The molecule has 7 nitrogen and oxygen atoms in total. The van der Waals surface area contributed by atoms with Gasteiger partial charge in [0.25, 0.3) is 0 Å². The Hall–Kier alpha value is -3.46. The Labute approximate surface area is 266 Å². The number of aliphatic imine (C=N–C) groups is 1. The number of ether oxygens (including phenoxy) is 2. The Morgan fingerprint density at radius 3 is 2.16 bits per heavy atom. The molecule has 43 heavy (non-hydrogen) atoms. The largest absolute Gasteiger partial charge is 0.468 e. The van der Waals surface area contributed by atoms with Crippen molar-refractivity contribution in [3.05, 3.63) is 94.1 Å². The molecular weight excluding hydrogens is 605 g/mol. The van der Waals surface area contributed by atoms with E-state index in [4.69, 9.17) is 37.7 Å².